The molecular formula is C17H17BrO2. The highest BCUT2D eigenvalue weighted by Gasteiger charge is 2.16. The van der Waals surface area contributed by atoms with Crippen molar-refractivity contribution in [1.82, 2.24) is 0 Å². The van der Waals surface area contributed by atoms with E-state index in [1.807, 2.05) is 30.3 Å². The molecule has 104 valence electrons. The van der Waals surface area contributed by atoms with Crippen molar-refractivity contribution in [3.63, 3.8) is 0 Å². The van der Waals surface area contributed by atoms with E-state index in [-0.39, 0.29) is 10.6 Å². The molecule has 0 aliphatic rings. The molecule has 0 amide bonds. The van der Waals surface area contributed by atoms with Crippen LogP contribution in [0.25, 0.3) is 0 Å². The fourth-order valence-corrected chi connectivity index (χ4v) is 2.50. The molecule has 1 atom stereocenters. The maximum atomic E-state index is 12.3. The van der Waals surface area contributed by atoms with Gasteiger partial charge in [0.2, 0.25) is 0 Å². The molecule has 3 heteroatoms. The molecule has 0 radical (unpaired) electrons. The molecule has 20 heavy (non-hydrogen) atoms. The first-order chi connectivity index (χ1) is 9.70. The van der Waals surface area contributed by atoms with Gasteiger partial charge in [-0.2, -0.15) is 0 Å². The van der Waals surface area contributed by atoms with Crippen LogP contribution in [0.4, 0.5) is 0 Å². The van der Waals surface area contributed by atoms with Crippen LogP contribution in [0, 0.1) is 0 Å². The van der Waals surface area contributed by atoms with Gasteiger partial charge in [0, 0.05) is 5.56 Å². The Kier molecular flexibility index (Phi) is 5.36. The molecule has 2 aromatic rings. The van der Waals surface area contributed by atoms with Gasteiger partial charge in [0.1, 0.15) is 5.75 Å². The number of ether oxygens (including phenoxy) is 1. The molecule has 0 bridgehead atoms. The summed E-state index contributed by atoms with van der Waals surface area (Å²) in [6.07, 6.45) is 1.67. The number of carbonyl (C=O) groups excluding carboxylic acids is 1. The number of alkyl halides is 1. The van der Waals surface area contributed by atoms with Crippen molar-refractivity contribution in [3.05, 3.63) is 65.7 Å². The zero-order valence-corrected chi connectivity index (χ0v) is 13.0. The second kappa shape index (κ2) is 7.25. The lowest BCUT2D eigenvalue weighted by molar-refractivity contribution is 0.0989. The van der Waals surface area contributed by atoms with Crippen molar-refractivity contribution in [3.8, 4) is 5.75 Å². The van der Waals surface area contributed by atoms with E-state index >= 15 is 0 Å². The van der Waals surface area contributed by atoms with E-state index in [9.17, 15) is 4.79 Å². The number of halogens is 1. The standard InChI is InChI=1S/C17H17BrO2/c1-20-15-10-8-14(9-11-15)17(19)16(18)12-7-13-5-3-2-4-6-13/h2-6,8-11,16H,7,12H2,1H3. The lowest BCUT2D eigenvalue weighted by atomic mass is 10.0. The van der Waals surface area contributed by atoms with Gasteiger partial charge in [-0.3, -0.25) is 4.79 Å². The molecule has 2 aromatic carbocycles. The van der Waals surface area contributed by atoms with Crippen molar-refractivity contribution < 1.29 is 9.53 Å². The maximum Gasteiger partial charge on any atom is 0.176 e. The van der Waals surface area contributed by atoms with Crippen LogP contribution in [-0.2, 0) is 6.42 Å². The van der Waals surface area contributed by atoms with E-state index in [1.54, 1.807) is 19.2 Å². The number of methoxy groups -OCH3 is 1. The third-order valence-corrected chi connectivity index (χ3v) is 4.06. The number of Topliss-reactive ketones (excluding diaryl/α,β-unsaturated/α-hetero) is 1. The van der Waals surface area contributed by atoms with Gasteiger partial charge in [0.15, 0.2) is 5.78 Å². The second-order valence-corrected chi connectivity index (χ2v) is 5.69. The van der Waals surface area contributed by atoms with Crippen LogP contribution in [0.3, 0.4) is 0 Å². The van der Waals surface area contributed by atoms with E-state index in [4.69, 9.17) is 4.74 Å². The van der Waals surface area contributed by atoms with Crippen molar-refractivity contribution in [2.45, 2.75) is 17.7 Å². The third-order valence-electron chi connectivity index (χ3n) is 3.19. The van der Waals surface area contributed by atoms with Crippen LogP contribution in [0.2, 0.25) is 0 Å². The van der Waals surface area contributed by atoms with E-state index < -0.39 is 0 Å². The fourth-order valence-electron chi connectivity index (χ4n) is 2.01. The summed E-state index contributed by atoms with van der Waals surface area (Å²) >= 11 is 3.49. The Hall–Kier alpha value is -1.61. The van der Waals surface area contributed by atoms with E-state index in [0.717, 1.165) is 18.6 Å². The minimum atomic E-state index is -0.156. The van der Waals surface area contributed by atoms with Gasteiger partial charge < -0.3 is 4.74 Å². The monoisotopic (exact) mass is 332 g/mol. The normalized spacial score (nSPS) is 11.9. The number of rotatable bonds is 6. The topological polar surface area (TPSA) is 26.3 Å². The molecule has 0 heterocycles. The summed E-state index contributed by atoms with van der Waals surface area (Å²) in [5.41, 5.74) is 1.96. The van der Waals surface area contributed by atoms with Crippen molar-refractivity contribution in [1.29, 1.82) is 0 Å². The summed E-state index contributed by atoms with van der Waals surface area (Å²) in [7, 11) is 1.62. The van der Waals surface area contributed by atoms with Gasteiger partial charge in [0.25, 0.3) is 0 Å². The summed E-state index contributed by atoms with van der Waals surface area (Å²) in [6, 6.07) is 17.4. The van der Waals surface area contributed by atoms with E-state index in [0.29, 0.717) is 5.56 Å². The lowest BCUT2D eigenvalue weighted by Gasteiger charge is -2.09. The van der Waals surface area contributed by atoms with Gasteiger partial charge in [-0.05, 0) is 42.7 Å². The summed E-state index contributed by atoms with van der Waals surface area (Å²) in [5.74, 6) is 0.876. The molecular weight excluding hydrogens is 316 g/mol. The molecule has 0 N–H and O–H groups in total. The van der Waals surface area contributed by atoms with Gasteiger partial charge in [-0.1, -0.05) is 46.3 Å². The molecule has 0 aliphatic carbocycles. The molecule has 0 saturated carbocycles. The first kappa shape index (κ1) is 14.8. The molecule has 2 rings (SSSR count). The van der Waals surface area contributed by atoms with E-state index in [1.165, 1.54) is 5.56 Å². The smallest absolute Gasteiger partial charge is 0.176 e. The minimum Gasteiger partial charge on any atom is -0.497 e. The predicted molar refractivity (Wildman–Crippen MR) is 84.8 cm³/mol. The Morgan fingerprint density at radius 1 is 1.10 bits per heavy atom. The predicted octanol–water partition coefficient (Wildman–Crippen LogP) is 4.27. The zero-order valence-electron chi connectivity index (χ0n) is 11.4. The van der Waals surface area contributed by atoms with Crippen LogP contribution in [0.15, 0.2) is 54.6 Å². The third kappa shape index (κ3) is 3.94. The summed E-state index contributed by atoms with van der Waals surface area (Å²) in [5, 5.41) is 0. The molecule has 0 saturated heterocycles. The first-order valence-corrected chi connectivity index (χ1v) is 7.48. The Labute approximate surface area is 127 Å². The van der Waals surface area contributed by atoms with Crippen LogP contribution < -0.4 is 4.74 Å². The summed E-state index contributed by atoms with van der Waals surface area (Å²) < 4.78 is 5.09. The average molecular weight is 333 g/mol. The highest BCUT2D eigenvalue weighted by Crippen LogP contribution is 2.18. The highest BCUT2D eigenvalue weighted by molar-refractivity contribution is 9.10. The molecule has 1 unspecified atom stereocenters. The van der Waals surface area contributed by atoms with Crippen LogP contribution in [0.1, 0.15) is 22.3 Å². The number of ketones is 1. The Balaban J connectivity index is 1.94. The fraction of sp³-hybridized carbons (Fsp3) is 0.235. The zero-order chi connectivity index (χ0) is 14.4. The number of benzene rings is 2. The van der Waals surface area contributed by atoms with Crippen molar-refractivity contribution in [2.24, 2.45) is 0 Å². The van der Waals surface area contributed by atoms with E-state index in [2.05, 4.69) is 28.1 Å². The Bertz CT molecular complexity index is 549. The number of hydrogen-bond acceptors (Lipinski definition) is 2. The van der Waals surface area contributed by atoms with Crippen molar-refractivity contribution >= 4 is 21.7 Å². The Morgan fingerprint density at radius 2 is 1.75 bits per heavy atom. The van der Waals surface area contributed by atoms with Crippen LogP contribution >= 0.6 is 15.9 Å². The molecule has 0 fully saturated rings. The summed E-state index contributed by atoms with van der Waals surface area (Å²) in [6.45, 7) is 0. The molecule has 0 aromatic heterocycles. The maximum absolute atomic E-state index is 12.3. The molecule has 0 spiro atoms. The largest absolute Gasteiger partial charge is 0.497 e. The van der Waals surface area contributed by atoms with Crippen molar-refractivity contribution in [2.75, 3.05) is 7.11 Å². The number of carbonyl (C=O) groups is 1. The van der Waals surface area contributed by atoms with Gasteiger partial charge in [-0.15, -0.1) is 0 Å². The first-order valence-electron chi connectivity index (χ1n) is 6.57. The SMILES string of the molecule is COc1ccc(C(=O)C(Br)CCc2ccccc2)cc1. The van der Waals surface area contributed by atoms with Gasteiger partial charge in [0.05, 0.1) is 11.9 Å². The van der Waals surface area contributed by atoms with Crippen LogP contribution in [-0.4, -0.2) is 17.7 Å². The molecule has 2 nitrogen and oxygen atoms in total. The van der Waals surface area contributed by atoms with Gasteiger partial charge in [-0.25, -0.2) is 0 Å². The van der Waals surface area contributed by atoms with Gasteiger partial charge >= 0.3 is 0 Å². The summed E-state index contributed by atoms with van der Waals surface area (Å²) in [4.78, 5) is 12.1. The molecule has 0 aliphatic heterocycles. The van der Waals surface area contributed by atoms with Crippen LogP contribution in [0.5, 0.6) is 5.75 Å². The lowest BCUT2D eigenvalue weighted by Crippen LogP contribution is -2.15. The minimum absolute atomic E-state index is 0.114. The quantitative estimate of drug-likeness (QED) is 0.583. The highest BCUT2D eigenvalue weighted by atomic mass is 79.9. The second-order valence-electron chi connectivity index (χ2n) is 4.58. The average Bonchev–Trinajstić information content (AvgIpc) is 2.53. The number of hydrogen-bond donors (Lipinski definition) is 0. The Morgan fingerprint density at radius 3 is 2.35 bits per heavy atom. The number of aryl methyl sites for hydroxylation is 1.